The molecule has 2 atom stereocenters. The monoisotopic (exact) mass is 494 g/mol. The molecule has 11 heteroatoms. The minimum absolute atomic E-state index is 0.0246. The Morgan fingerprint density at radius 2 is 1.33 bits per heavy atom. The number of hydrogen-bond acceptors (Lipinski definition) is 8. The van der Waals surface area contributed by atoms with Crippen LogP contribution in [-0.2, 0) is 19.1 Å². The van der Waals surface area contributed by atoms with Gasteiger partial charge in [0.05, 0.1) is 17.4 Å². The molecule has 0 spiro atoms. The second-order valence-corrected chi connectivity index (χ2v) is 7.65. The number of carbonyl (C=O) groups is 5. The van der Waals surface area contributed by atoms with Gasteiger partial charge in [0.2, 0.25) is 12.2 Å². The first-order valence-corrected chi connectivity index (χ1v) is 10.6. The molecule has 11 nitrogen and oxygen atoms in total. The number of carboxylic acids is 1. The molecule has 0 aliphatic rings. The highest BCUT2D eigenvalue weighted by molar-refractivity contribution is 5.98. The van der Waals surface area contributed by atoms with E-state index in [1.165, 1.54) is 42.7 Å². The molecule has 1 heterocycles. The molecule has 0 saturated carbocycles. The number of esters is 2. The molecule has 0 bridgehead atoms. The molecule has 0 aliphatic carbocycles. The van der Waals surface area contributed by atoms with E-state index in [-0.39, 0.29) is 16.9 Å². The van der Waals surface area contributed by atoms with E-state index in [1.54, 1.807) is 38.1 Å². The van der Waals surface area contributed by atoms with Crippen LogP contribution in [-0.4, -0.2) is 47.0 Å². The van der Waals surface area contributed by atoms with Crippen molar-refractivity contribution in [2.45, 2.75) is 26.1 Å². The predicted octanol–water partition coefficient (Wildman–Crippen LogP) is 2.19. The van der Waals surface area contributed by atoms with Gasteiger partial charge >= 0.3 is 23.8 Å². The van der Waals surface area contributed by atoms with Crippen molar-refractivity contribution >= 4 is 29.7 Å². The van der Waals surface area contributed by atoms with Crippen LogP contribution in [0.5, 0.6) is 0 Å². The fraction of sp³-hybridized carbons (Fsp3) is 0.160. The van der Waals surface area contributed by atoms with E-state index in [9.17, 15) is 29.1 Å². The second kappa shape index (κ2) is 11.5. The Kier molecular flexibility index (Phi) is 8.18. The number of benzene rings is 2. The third-order valence-corrected chi connectivity index (χ3v) is 4.80. The summed E-state index contributed by atoms with van der Waals surface area (Å²) in [5, 5.41) is 9.75. The Balaban J connectivity index is 1.85. The van der Waals surface area contributed by atoms with Gasteiger partial charge in [-0.3, -0.25) is 20.4 Å². The number of aliphatic carboxylic acids is 1. The van der Waals surface area contributed by atoms with Crippen LogP contribution in [0, 0.1) is 13.8 Å². The molecule has 2 amide bonds. The summed E-state index contributed by atoms with van der Waals surface area (Å²) in [5.41, 5.74) is 5.45. The number of hydrazine groups is 1. The summed E-state index contributed by atoms with van der Waals surface area (Å²) in [6.45, 7) is 3.43. The quantitative estimate of drug-likeness (QED) is 0.315. The Morgan fingerprint density at radius 1 is 0.778 bits per heavy atom. The lowest BCUT2D eigenvalue weighted by atomic mass is 10.1. The lowest BCUT2D eigenvalue weighted by Gasteiger charge is -2.23. The minimum atomic E-state index is -2.24. The van der Waals surface area contributed by atoms with Gasteiger partial charge in [-0.25, -0.2) is 14.4 Å². The molecule has 3 N–H and O–H groups in total. The fourth-order valence-electron chi connectivity index (χ4n) is 3.06. The molecule has 0 aliphatic heterocycles. The maximum absolute atomic E-state index is 12.9. The van der Waals surface area contributed by atoms with Crippen molar-refractivity contribution in [3.63, 3.8) is 0 Å². The summed E-state index contributed by atoms with van der Waals surface area (Å²) < 4.78 is 15.2. The van der Waals surface area contributed by atoms with Crippen LogP contribution in [0.4, 0.5) is 0 Å². The molecule has 36 heavy (non-hydrogen) atoms. The zero-order chi connectivity index (χ0) is 26.2. The number of ether oxygens (including phenoxy) is 2. The van der Waals surface area contributed by atoms with Crippen LogP contribution in [0.3, 0.4) is 0 Å². The van der Waals surface area contributed by atoms with Gasteiger partial charge in [-0.05, 0) is 50.2 Å². The average Bonchev–Trinajstić information content (AvgIpc) is 3.39. The van der Waals surface area contributed by atoms with Crippen molar-refractivity contribution in [3.8, 4) is 0 Å². The molecule has 2 aromatic carbocycles. The summed E-state index contributed by atoms with van der Waals surface area (Å²) in [6.07, 6.45) is -3.18. The zero-order valence-electron chi connectivity index (χ0n) is 19.2. The van der Waals surface area contributed by atoms with Gasteiger partial charge in [0, 0.05) is 0 Å². The van der Waals surface area contributed by atoms with Crippen LogP contribution in [0.2, 0.25) is 0 Å². The van der Waals surface area contributed by atoms with Gasteiger partial charge in [-0.2, -0.15) is 0 Å². The highest BCUT2D eigenvalue weighted by atomic mass is 16.6. The van der Waals surface area contributed by atoms with Gasteiger partial charge in [-0.15, -0.1) is 0 Å². The average molecular weight is 494 g/mol. The highest BCUT2D eigenvalue weighted by Crippen LogP contribution is 2.15. The molecule has 3 aromatic rings. The zero-order valence-corrected chi connectivity index (χ0v) is 19.2. The van der Waals surface area contributed by atoms with Gasteiger partial charge in [-0.1, -0.05) is 35.4 Å². The normalized spacial score (nSPS) is 12.1. The molecule has 3 rings (SSSR count). The third-order valence-electron chi connectivity index (χ3n) is 4.80. The Morgan fingerprint density at radius 3 is 1.81 bits per heavy atom. The van der Waals surface area contributed by atoms with E-state index in [4.69, 9.17) is 13.9 Å². The smallest absolute Gasteiger partial charge is 0.349 e. The minimum Gasteiger partial charge on any atom is -0.478 e. The largest absolute Gasteiger partial charge is 0.478 e. The van der Waals surface area contributed by atoms with Crippen molar-refractivity contribution < 1.29 is 43.0 Å². The number of amides is 2. The van der Waals surface area contributed by atoms with Gasteiger partial charge in [0.15, 0.2) is 5.76 Å². The van der Waals surface area contributed by atoms with E-state index >= 15 is 0 Å². The first-order valence-electron chi connectivity index (χ1n) is 10.6. The van der Waals surface area contributed by atoms with Crippen molar-refractivity contribution in [1.29, 1.82) is 0 Å². The van der Waals surface area contributed by atoms with Crippen LogP contribution in [0.1, 0.15) is 42.4 Å². The lowest BCUT2D eigenvalue weighted by Crippen LogP contribution is -2.54. The van der Waals surface area contributed by atoms with E-state index in [1.807, 2.05) is 10.9 Å². The third kappa shape index (κ3) is 6.56. The van der Waals surface area contributed by atoms with E-state index in [2.05, 4.69) is 0 Å². The number of hydrogen-bond donors (Lipinski definition) is 3. The number of rotatable bonds is 8. The molecule has 0 radical (unpaired) electrons. The standard InChI is InChI=1S/C25H22N2O9/c1-14-6-3-8-16(12-14)24(32)35-19(22(29)27-26-21(28)18-10-5-11-34-18)20(23(30)31)36-25(33)17-9-4-7-15(2)13-17/h3-13,19-20H,1-2H3,(H,26,28)(H,27,29)(H,30,31)/t19-,20-/m1/s1. The van der Waals surface area contributed by atoms with Crippen LogP contribution >= 0.6 is 0 Å². The Labute approximate surface area is 205 Å². The van der Waals surface area contributed by atoms with Crippen LogP contribution in [0.15, 0.2) is 71.3 Å². The Bertz CT molecular complexity index is 1280. The summed E-state index contributed by atoms with van der Waals surface area (Å²) >= 11 is 0. The molecular formula is C25H22N2O9. The van der Waals surface area contributed by atoms with Crippen molar-refractivity contribution in [2.24, 2.45) is 0 Å². The van der Waals surface area contributed by atoms with E-state index in [0.29, 0.717) is 11.1 Å². The van der Waals surface area contributed by atoms with Crippen molar-refractivity contribution in [1.82, 2.24) is 10.9 Å². The SMILES string of the molecule is Cc1cccc(C(=O)O[C@@H](C(=O)O)[C@@H](OC(=O)c2cccc(C)c2)C(=O)NNC(=O)c2ccco2)c1. The number of carboxylic acid groups (broad SMARTS) is 1. The molecule has 1 aromatic heterocycles. The van der Waals surface area contributed by atoms with Gasteiger partial charge in [0.1, 0.15) is 0 Å². The summed E-state index contributed by atoms with van der Waals surface area (Å²) in [6, 6.07) is 15.0. The maximum Gasteiger partial charge on any atom is 0.349 e. The lowest BCUT2D eigenvalue weighted by molar-refractivity contribution is -0.159. The van der Waals surface area contributed by atoms with E-state index in [0.717, 1.165) is 0 Å². The van der Waals surface area contributed by atoms with Crippen molar-refractivity contribution in [3.05, 3.63) is 94.9 Å². The maximum atomic E-state index is 12.9. The number of aryl methyl sites for hydroxylation is 2. The number of furan rings is 1. The van der Waals surface area contributed by atoms with Gasteiger partial charge in [0.25, 0.3) is 5.91 Å². The fourth-order valence-corrected chi connectivity index (χ4v) is 3.06. The van der Waals surface area contributed by atoms with E-state index < -0.39 is 41.9 Å². The molecule has 0 fully saturated rings. The molecular weight excluding hydrogens is 472 g/mol. The topological polar surface area (TPSA) is 161 Å². The summed E-state index contributed by atoms with van der Waals surface area (Å²) in [4.78, 5) is 62.3. The first kappa shape index (κ1) is 25.7. The second-order valence-electron chi connectivity index (χ2n) is 7.65. The molecule has 0 unspecified atom stereocenters. The molecule has 0 saturated heterocycles. The highest BCUT2D eigenvalue weighted by Gasteiger charge is 2.41. The van der Waals surface area contributed by atoms with Gasteiger partial charge < -0.3 is 19.0 Å². The van der Waals surface area contributed by atoms with Crippen molar-refractivity contribution in [2.75, 3.05) is 0 Å². The van der Waals surface area contributed by atoms with Crippen LogP contribution in [0.25, 0.3) is 0 Å². The summed E-state index contributed by atoms with van der Waals surface area (Å²) in [7, 11) is 0. The Hall–Kier alpha value is -4.93. The van der Waals surface area contributed by atoms with Crippen LogP contribution < -0.4 is 10.9 Å². The predicted molar refractivity (Wildman–Crippen MR) is 123 cm³/mol. The first-order chi connectivity index (χ1) is 17.2. The molecule has 186 valence electrons. The number of carbonyl (C=O) groups excluding carboxylic acids is 4. The number of nitrogens with one attached hydrogen (secondary N) is 2. The summed E-state index contributed by atoms with van der Waals surface area (Å²) in [5.74, 6) is -6.14.